The van der Waals surface area contributed by atoms with Crippen molar-refractivity contribution in [1.29, 1.82) is 0 Å². The predicted octanol–water partition coefficient (Wildman–Crippen LogP) is 3.23. The van der Waals surface area contributed by atoms with Crippen LogP contribution < -0.4 is 5.32 Å². The Kier molecular flexibility index (Phi) is 4.50. The lowest BCUT2D eigenvalue weighted by atomic mass is 10.3. The van der Waals surface area contributed by atoms with Crippen molar-refractivity contribution in [3.63, 3.8) is 0 Å². The second-order valence-electron chi connectivity index (χ2n) is 4.39. The summed E-state index contributed by atoms with van der Waals surface area (Å²) in [7, 11) is 0. The fourth-order valence-electron chi connectivity index (χ4n) is 1.70. The van der Waals surface area contributed by atoms with Gasteiger partial charge in [0.15, 0.2) is 5.82 Å². The molecular weight excluding hydrogens is 320 g/mol. The Labute approximate surface area is 134 Å². The van der Waals surface area contributed by atoms with Gasteiger partial charge in [-0.1, -0.05) is 23.0 Å². The van der Waals surface area contributed by atoms with Gasteiger partial charge in [-0.2, -0.15) is 0 Å². The highest BCUT2D eigenvalue weighted by molar-refractivity contribution is 7.99. The van der Waals surface area contributed by atoms with Gasteiger partial charge in [-0.25, -0.2) is 0 Å². The molecule has 112 valence electrons. The summed E-state index contributed by atoms with van der Waals surface area (Å²) >= 11 is 2.93. The van der Waals surface area contributed by atoms with E-state index in [1.54, 1.807) is 24.3 Å². The fraction of sp³-hybridized carbons (Fsp3) is 0.143. The number of anilines is 1. The molecule has 3 heterocycles. The van der Waals surface area contributed by atoms with Crippen LogP contribution in [0.15, 0.2) is 45.3 Å². The standard InChI is InChI=1S/C14H12N4O2S2/c1-9-7-12(18-20-9)15-13(19)8-22-14-5-4-10(16-17-14)11-3-2-6-21-11/h2-7H,8H2,1H3,(H,15,18,19). The Morgan fingerprint density at radius 1 is 1.36 bits per heavy atom. The van der Waals surface area contributed by atoms with E-state index in [-0.39, 0.29) is 11.7 Å². The lowest BCUT2D eigenvalue weighted by Gasteiger charge is -2.01. The van der Waals surface area contributed by atoms with Crippen molar-refractivity contribution in [2.75, 3.05) is 11.1 Å². The number of hydrogen-bond acceptors (Lipinski definition) is 7. The summed E-state index contributed by atoms with van der Waals surface area (Å²) in [4.78, 5) is 12.9. The molecule has 0 bridgehead atoms. The van der Waals surface area contributed by atoms with Gasteiger partial charge in [0, 0.05) is 6.07 Å². The van der Waals surface area contributed by atoms with E-state index < -0.39 is 0 Å². The van der Waals surface area contributed by atoms with E-state index in [0.29, 0.717) is 16.6 Å². The molecule has 0 aliphatic carbocycles. The van der Waals surface area contributed by atoms with E-state index in [1.165, 1.54) is 11.8 Å². The largest absolute Gasteiger partial charge is 0.360 e. The van der Waals surface area contributed by atoms with Crippen molar-refractivity contribution < 1.29 is 9.32 Å². The molecule has 0 aliphatic rings. The SMILES string of the molecule is Cc1cc(NC(=O)CSc2ccc(-c3cccs3)nn2)no1. The minimum Gasteiger partial charge on any atom is -0.360 e. The van der Waals surface area contributed by atoms with Gasteiger partial charge in [-0.15, -0.1) is 21.5 Å². The number of carbonyl (C=O) groups excluding carboxylic acids is 1. The maximum absolute atomic E-state index is 11.8. The van der Waals surface area contributed by atoms with Crippen molar-refractivity contribution in [3.8, 4) is 10.6 Å². The van der Waals surface area contributed by atoms with Crippen LogP contribution in [0.4, 0.5) is 5.82 Å². The zero-order valence-electron chi connectivity index (χ0n) is 11.6. The number of amides is 1. The van der Waals surface area contributed by atoms with Crippen molar-refractivity contribution in [3.05, 3.63) is 41.5 Å². The first-order valence-corrected chi connectivity index (χ1v) is 8.31. The van der Waals surface area contributed by atoms with Gasteiger partial charge in [0.25, 0.3) is 0 Å². The van der Waals surface area contributed by atoms with E-state index in [9.17, 15) is 4.79 Å². The Balaban J connectivity index is 1.54. The number of aryl methyl sites for hydroxylation is 1. The van der Waals surface area contributed by atoms with Crippen LogP contribution in [-0.2, 0) is 4.79 Å². The Morgan fingerprint density at radius 2 is 2.27 bits per heavy atom. The van der Waals surface area contributed by atoms with Gasteiger partial charge in [0.1, 0.15) is 16.5 Å². The van der Waals surface area contributed by atoms with Crippen molar-refractivity contribution in [2.24, 2.45) is 0 Å². The minimum absolute atomic E-state index is 0.164. The Bertz CT molecular complexity index is 754. The molecule has 0 fully saturated rings. The number of carbonyl (C=O) groups is 1. The van der Waals surface area contributed by atoms with Crippen molar-refractivity contribution in [1.82, 2.24) is 15.4 Å². The summed E-state index contributed by atoms with van der Waals surface area (Å²) in [5.74, 6) is 1.14. The number of nitrogens with zero attached hydrogens (tertiary/aromatic N) is 3. The molecule has 0 aliphatic heterocycles. The quantitative estimate of drug-likeness (QED) is 0.723. The highest BCUT2D eigenvalue weighted by Gasteiger charge is 2.08. The fourth-order valence-corrected chi connectivity index (χ4v) is 3.00. The van der Waals surface area contributed by atoms with Crippen LogP contribution in [0, 0.1) is 6.92 Å². The summed E-state index contributed by atoms with van der Waals surface area (Å²) in [6.07, 6.45) is 0. The van der Waals surface area contributed by atoms with Gasteiger partial charge in [0.05, 0.1) is 10.6 Å². The summed E-state index contributed by atoms with van der Waals surface area (Å²) < 4.78 is 4.88. The number of hydrogen-bond donors (Lipinski definition) is 1. The van der Waals surface area contributed by atoms with Crippen LogP contribution in [0.2, 0.25) is 0 Å². The molecule has 0 aromatic carbocycles. The molecule has 0 unspecified atom stereocenters. The van der Waals surface area contributed by atoms with Crippen LogP contribution in [0.3, 0.4) is 0 Å². The summed E-state index contributed by atoms with van der Waals surface area (Å²) in [5, 5.41) is 17.4. The number of aromatic nitrogens is 3. The third-order valence-corrected chi connectivity index (χ3v) is 4.47. The maximum Gasteiger partial charge on any atom is 0.236 e. The highest BCUT2D eigenvalue weighted by Crippen LogP contribution is 2.23. The number of rotatable bonds is 5. The Morgan fingerprint density at radius 3 is 2.91 bits per heavy atom. The molecule has 1 amide bonds. The average molecular weight is 332 g/mol. The van der Waals surface area contributed by atoms with E-state index in [1.807, 2.05) is 29.6 Å². The topological polar surface area (TPSA) is 80.9 Å². The van der Waals surface area contributed by atoms with E-state index in [4.69, 9.17) is 4.52 Å². The molecule has 0 atom stereocenters. The molecule has 0 spiro atoms. The number of thiophene rings is 1. The van der Waals surface area contributed by atoms with Crippen LogP contribution in [0.5, 0.6) is 0 Å². The van der Waals surface area contributed by atoms with Crippen LogP contribution in [-0.4, -0.2) is 27.0 Å². The highest BCUT2D eigenvalue weighted by atomic mass is 32.2. The first-order chi connectivity index (χ1) is 10.7. The lowest BCUT2D eigenvalue weighted by molar-refractivity contribution is -0.113. The molecule has 6 nitrogen and oxygen atoms in total. The summed E-state index contributed by atoms with van der Waals surface area (Å²) in [6, 6.07) is 9.40. The second-order valence-corrected chi connectivity index (χ2v) is 6.34. The second kappa shape index (κ2) is 6.71. The van der Waals surface area contributed by atoms with Gasteiger partial charge < -0.3 is 9.84 Å². The van der Waals surface area contributed by atoms with Gasteiger partial charge in [-0.05, 0) is 30.5 Å². The molecule has 0 saturated carbocycles. The zero-order valence-corrected chi connectivity index (χ0v) is 13.3. The molecule has 0 saturated heterocycles. The normalized spacial score (nSPS) is 10.6. The smallest absolute Gasteiger partial charge is 0.236 e. The van der Waals surface area contributed by atoms with E-state index in [0.717, 1.165) is 10.6 Å². The molecule has 8 heteroatoms. The molecule has 22 heavy (non-hydrogen) atoms. The molecule has 3 aromatic heterocycles. The van der Waals surface area contributed by atoms with Gasteiger partial charge in [0.2, 0.25) is 5.91 Å². The van der Waals surface area contributed by atoms with E-state index in [2.05, 4.69) is 20.7 Å². The number of thioether (sulfide) groups is 1. The third-order valence-electron chi connectivity index (χ3n) is 2.66. The molecule has 3 aromatic rings. The predicted molar refractivity (Wildman–Crippen MR) is 85.9 cm³/mol. The minimum atomic E-state index is -0.164. The Hall–Kier alpha value is -2.19. The van der Waals surface area contributed by atoms with Crippen molar-refractivity contribution in [2.45, 2.75) is 11.9 Å². The van der Waals surface area contributed by atoms with Crippen LogP contribution in [0.1, 0.15) is 5.76 Å². The summed E-state index contributed by atoms with van der Waals surface area (Å²) in [5.41, 5.74) is 0.835. The van der Waals surface area contributed by atoms with Crippen molar-refractivity contribution >= 4 is 34.8 Å². The maximum atomic E-state index is 11.8. The van der Waals surface area contributed by atoms with Crippen LogP contribution >= 0.6 is 23.1 Å². The lowest BCUT2D eigenvalue weighted by Crippen LogP contribution is -2.14. The summed E-state index contributed by atoms with van der Waals surface area (Å²) in [6.45, 7) is 1.77. The van der Waals surface area contributed by atoms with E-state index >= 15 is 0 Å². The zero-order chi connectivity index (χ0) is 15.4. The average Bonchev–Trinajstić information content (AvgIpc) is 3.18. The van der Waals surface area contributed by atoms with Gasteiger partial charge >= 0.3 is 0 Å². The molecule has 1 N–H and O–H groups in total. The van der Waals surface area contributed by atoms with Gasteiger partial charge in [-0.3, -0.25) is 4.79 Å². The monoisotopic (exact) mass is 332 g/mol. The molecule has 3 rings (SSSR count). The molecular formula is C14H12N4O2S2. The first-order valence-electron chi connectivity index (χ1n) is 6.44. The third kappa shape index (κ3) is 3.71. The first kappa shape index (κ1) is 14.7. The van der Waals surface area contributed by atoms with Crippen LogP contribution in [0.25, 0.3) is 10.6 Å². The number of nitrogens with one attached hydrogen (secondary N) is 1. The molecule has 0 radical (unpaired) electrons.